The average molecular weight is 879 g/mol. The van der Waals surface area contributed by atoms with Crippen LogP contribution < -0.4 is 10.7 Å². The molecule has 0 aliphatic carbocycles. The number of ether oxygens (including phenoxy) is 1. The van der Waals surface area contributed by atoms with Crippen LogP contribution in [0.15, 0.2) is 231 Å². The Kier molecular flexibility index (Phi) is 9.39. The third-order valence-corrected chi connectivity index (χ3v) is 14.1. The standard InChI is InChI=1S/C62H46N4O2/c1-2-68-62(67)61-65-51-37-39-53(65)58(44-27-15-6-16-28-44)54-40-38-52(66(54)61)57(43-25-13-5-14-26-43)50-36-34-48-55(41-21-9-3-10-22-41)47-33-35-49(56(51)42-23-11-4-12-24-42)63(47)59(45-29-17-7-18-30-45)60(64(48)50)46-31-19-8-20-32-46/h3-40,55-56,61H,2H2,1H3/t55-,56+,61?/m1/s1. The SMILES string of the molecule is CCOC(=O)C1n2c3ccc2[C@@H](c2ccccc2)c2ccc4n2C(c2ccccc2)=C(c2ccccc2)n2c(ccc2[C@@H]4c2ccccc2)C(c2ccccc2)=c2ccc(n21)=C3c1ccccc1. The van der Waals surface area contributed by atoms with Crippen molar-refractivity contribution in [2.45, 2.75) is 24.9 Å². The van der Waals surface area contributed by atoms with Crippen molar-refractivity contribution in [3.8, 4) is 0 Å². The van der Waals surface area contributed by atoms with Crippen molar-refractivity contribution in [1.29, 1.82) is 0 Å². The molecular weight excluding hydrogens is 833 g/mol. The van der Waals surface area contributed by atoms with Crippen molar-refractivity contribution in [3.63, 3.8) is 0 Å². The molecular formula is C62H46N4O2. The minimum absolute atomic E-state index is 0.182. The van der Waals surface area contributed by atoms with Crippen molar-refractivity contribution in [2.24, 2.45) is 0 Å². The number of rotatable bonds is 8. The van der Waals surface area contributed by atoms with Crippen LogP contribution in [0.25, 0.3) is 22.5 Å². The molecule has 6 nitrogen and oxygen atoms in total. The van der Waals surface area contributed by atoms with E-state index in [1.165, 1.54) is 5.56 Å². The molecule has 6 aromatic carbocycles. The molecule has 0 fully saturated rings. The summed E-state index contributed by atoms with van der Waals surface area (Å²) in [6.45, 7) is 2.14. The fourth-order valence-corrected chi connectivity index (χ4v) is 11.4. The molecule has 13 rings (SSSR count). The maximum absolute atomic E-state index is 15.3. The monoisotopic (exact) mass is 878 g/mol. The van der Waals surface area contributed by atoms with Crippen LogP contribution in [0.2, 0.25) is 0 Å². The van der Waals surface area contributed by atoms with Crippen LogP contribution in [0.5, 0.6) is 0 Å². The van der Waals surface area contributed by atoms with Crippen molar-refractivity contribution in [3.05, 3.63) is 309 Å². The summed E-state index contributed by atoms with van der Waals surface area (Å²) >= 11 is 0. The lowest BCUT2D eigenvalue weighted by Gasteiger charge is -2.33. The first kappa shape index (κ1) is 39.7. The van der Waals surface area contributed by atoms with Gasteiger partial charge in [0, 0.05) is 45.0 Å². The number of hydrogen-bond acceptors (Lipinski definition) is 2. The van der Waals surface area contributed by atoms with E-state index in [1.807, 2.05) is 6.92 Å². The highest BCUT2D eigenvalue weighted by Gasteiger charge is 2.41. The van der Waals surface area contributed by atoms with Crippen molar-refractivity contribution in [2.75, 3.05) is 6.61 Å². The van der Waals surface area contributed by atoms with Gasteiger partial charge in [-0.15, -0.1) is 0 Å². The lowest BCUT2D eigenvalue weighted by atomic mass is 9.91. The fourth-order valence-electron chi connectivity index (χ4n) is 11.4. The van der Waals surface area contributed by atoms with E-state index in [2.05, 4.69) is 249 Å². The van der Waals surface area contributed by atoms with Gasteiger partial charge < -0.3 is 23.0 Å². The second-order valence-corrected chi connectivity index (χ2v) is 17.7. The number of nitrogens with zero attached hydrogens (tertiary/aromatic N) is 4. The first-order valence-electron chi connectivity index (χ1n) is 23.5. The highest BCUT2D eigenvalue weighted by atomic mass is 16.5. The Labute approximate surface area is 394 Å². The van der Waals surface area contributed by atoms with Crippen LogP contribution in [0, 0.1) is 0 Å². The fraction of sp³-hybridized carbons (Fsp3) is 0.0806. The molecule has 3 aliphatic heterocycles. The van der Waals surface area contributed by atoms with Gasteiger partial charge in [-0.05, 0) is 77.7 Å². The number of hydrogen-bond donors (Lipinski definition) is 0. The highest BCUT2D eigenvalue weighted by molar-refractivity contribution is 5.96. The predicted molar refractivity (Wildman–Crippen MR) is 269 cm³/mol. The van der Waals surface area contributed by atoms with E-state index < -0.39 is 6.17 Å². The predicted octanol–water partition coefficient (Wildman–Crippen LogP) is 11.2. The molecule has 0 saturated heterocycles. The van der Waals surface area contributed by atoms with E-state index in [-0.39, 0.29) is 24.4 Å². The van der Waals surface area contributed by atoms with Crippen molar-refractivity contribution < 1.29 is 9.53 Å². The van der Waals surface area contributed by atoms with E-state index in [1.54, 1.807) is 0 Å². The second-order valence-electron chi connectivity index (χ2n) is 17.7. The van der Waals surface area contributed by atoms with Crippen LogP contribution in [-0.2, 0) is 9.53 Å². The zero-order chi connectivity index (χ0) is 45.3. The Morgan fingerprint density at radius 3 is 1.28 bits per heavy atom. The second kappa shape index (κ2) is 16.1. The summed E-state index contributed by atoms with van der Waals surface area (Å²) in [6.07, 6.45) is -0.881. The molecule has 0 spiro atoms. The molecule has 0 saturated carbocycles. The topological polar surface area (TPSA) is 46.0 Å². The van der Waals surface area contributed by atoms with Gasteiger partial charge in [0.25, 0.3) is 0 Å². The number of aromatic nitrogens is 4. The number of esters is 1. The van der Waals surface area contributed by atoms with Gasteiger partial charge in [-0.3, -0.25) is 0 Å². The Balaban J connectivity index is 1.33. The van der Waals surface area contributed by atoms with Crippen molar-refractivity contribution >= 4 is 28.5 Å². The normalized spacial score (nSPS) is 16.8. The Hall–Kier alpha value is -8.61. The van der Waals surface area contributed by atoms with Gasteiger partial charge in [0.15, 0.2) is 0 Å². The van der Waals surface area contributed by atoms with Gasteiger partial charge in [0.05, 0.1) is 51.9 Å². The summed E-state index contributed by atoms with van der Waals surface area (Å²) in [5.41, 5.74) is 17.1. The summed E-state index contributed by atoms with van der Waals surface area (Å²) < 4.78 is 15.9. The number of benzene rings is 6. The maximum atomic E-state index is 15.3. The van der Waals surface area contributed by atoms with Crippen LogP contribution in [0.1, 0.15) is 92.5 Å². The molecule has 3 atom stereocenters. The molecule has 0 radical (unpaired) electrons. The largest absolute Gasteiger partial charge is 0.463 e. The smallest absolute Gasteiger partial charge is 0.350 e. The lowest BCUT2D eigenvalue weighted by molar-refractivity contribution is -0.148. The number of carbonyl (C=O) groups is 1. The first-order chi connectivity index (χ1) is 33.7. The Morgan fingerprint density at radius 1 is 0.397 bits per heavy atom. The van der Waals surface area contributed by atoms with E-state index >= 15 is 4.79 Å². The molecule has 68 heavy (non-hydrogen) atoms. The molecule has 1 unspecified atom stereocenters. The van der Waals surface area contributed by atoms with Crippen LogP contribution in [0.3, 0.4) is 0 Å². The summed E-state index contributed by atoms with van der Waals surface area (Å²) in [6, 6.07) is 83.1. The summed E-state index contributed by atoms with van der Waals surface area (Å²) in [7, 11) is 0. The molecule has 10 aromatic rings. The summed E-state index contributed by atoms with van der Waals surface area (Å²) in [4.78, 5) is 15.3. The van der Waals surface area contributed by atoms with E-state index in [9.17, 15) is 0 Å². The molecule has 0 amide bonds. The van der Waals surface area contributed by atoms with E-state index in [0.717, 1.165) is 95.2 Å². The molecule has 7 heterocycles. The summed E-state index contributed by atoms with van der Waals surface area (Å²) in [5, 5.41) is 1.86. The lowest BCUT2D eigenvalue weighted by Crippen LogP contribution is -2.46. The van der Waals surface area contributed by atoms with E-state index in [4.69, 9.17) is 4.74 Å². The molecule has 8 bridgehead atoms. The third kappa shape index (κ3) is 6.00. The van der Waals surface area contributed by atoms with Gasteiger partial charge >= 0.3 is 5.97 Å². The molecule has 3 aliphatic rings. The van der Waals surface area contributed by atoms with Crippen LogP contribution >= 0.6 is 0 Å². The molecule has 0 N–H and O–H groups in total. The number of carbonyl (C=O) groups excluding carboxylic acids is 1. The van der Waals surface area contributed by atoms with Crippen LogP contribution in [-0.4, -0.2) is 30.8 Å². The summed E-state index contributed by atoms with van der Waals surface area (Å²) in [5.74, 6) is -0.851. The van der Waals surface area contributed by atoms with Gasteiger partial charge in [0.1, 0.15) is 0 Å². The zero-order valence-electron chi connectivity index (χ0n) is 37.5. The molecule has 6 heteroatoms. The van der Waals surface area contributed by atoms with Gasteiger partial charge in [-0.25, -0.2) is 4.79 Å². The third-order valence-electron chi connectivity index (χ3n) is 14.1. The van der Waals surface area contributed by atoms with E-state index in [0.29, 0.717) is 0 Å². The first-order valence-corrected chi connectivity index (χ1v) is 23.5. The van der Waals surface area contributed by atoms with Crippen LogP contribution in [0.4, 0.5) is 0 Å². The highest BCUT2D eigenvalue weighted by Crippen LogP contribution is 2.49. The Bertz CT molecular complexity index is 3690. The Morgan fingerprint density at radius 2 is 0.779 bits per heavy atom. The van der Waals surface area contributed by atoms with Gasteiger partial charge in [0.2, 0.25) is 6.17 Å². The van der Waals surface area contributed by atoms with Gasteiger partial charge in [-0.1, -0.05) is 182 Å². The average Bonchev–Trinajstić information content (AvgIpc) is 4.21. The van der Waals surface area contributed by atoms with Crippen molar-refractivity contribution in [1.82, 2.24) is 18.3 Å². The van der Waals surface area contributed by atoms with Gasteiger partial charge in [-0.2, -0.15) is 0 Å². The molecule has 4 aromatic heterocycles. The minimum atomic E-state index is -0.881. The maximum Gasteiger partial charge on any atom is 0.350 e. The zero-order valence-corrected chi connectivity index (χ0v) is 37.5. The quantitative estimate of drug-likeness (QED) is 0.143. The minimum Gasteiger partial charge on any atom is -0.463 e. The molecule has 326 valence electrons.